The Labute approximate surface area is 238 Å². The van der Waals surface area contributed by atoms with Crippen molar-refractivity contribution in [3.8, 4) is 17.5 Å². The Balaban J connectivity index is 1.37. The number of halogens is 1. The van der Waals surface area contributed by atoms with E-state index in [0.717, 1.165) is 6.26 Å². The number of nitrogens with one attached hydrogen (secondary N) is 1. The van der Waals surface area contributed by atoms with E-state index in [4.69, 9.17) is 26.3 Å². The molecular formula is C27H30ClN5O6S. The molecule has 1 saturated carbocycles. The molecular weight excluding hydrogens is 558 g/mol. The quantitative estimate of drug-likeness (QED) is 0.212. The summed E-state index contributed by atoms with van der Waals surface area (Å²) in [6, 6.07) is 13.8. The number of nitrogens with zero attached hydrogens (tertiary/aromatic N) is 4. The van der Waals surface area contributed by atoms with Gasteiger partial charge in [0.15, 0.2) is 6.79 Å². The maximum absolute atomic E-state index is 13.2. The maximum Gasteiger partial charge on any atom is 0.266 e. The van der Waals surface area contributed by atoms with Gasteiger partial charge in [0.05, 0.1) is 35.3 Å². The van der Waals surface area contributed by atoms with Crippen molar-refractivity contribution in [1.82, 2.24) is 20.3 Å². The van der Waals surface area contributed by atoms with Crippen LogP contribution in [0.4, 0.5) is 0 Å². The third-order valence-electron chi connectivity index (χ3n) is 6.96. The Morgan fingerprint density at radius 1 is 1.15 bits per heavy atom. The molecule has 40 heavy (non-hydrogen) atoms. The van der Waals surface area contributed by atoms with Crippen LogP contribution in [0.25, 0.3) is 5.69 Å². The topological polar surface area (TPSA) is 145 Å². The van der Waals surface area contributed by atoms with Gasteiger partial charge in [0.1, 0.15) is 23.6 Å². The summed E-state index contributed by atoms with van der Waals surface area (Å²) in [5, 5.41) is 20.6. The number of aromatic nitrogens is 3. The zero-order valence-corrected chi connectivity index (χ0v) is 24.3. The summed E-state index contributed by atoms with van der Waals surface area (Å²) < 4.78 is 39.4. The number of amides is 1. The number of carbonyl (C=O) groups is 1. The molecule has 0 radical (unpaired) electrons. The fraction of sp³-hybridized carbons (Fsp3) is 0.407. The van der Waals surface area contributed by atoms with Crippen LogP contribution in [0.5, 0.6) is 5.75 Å². The number of hydrogen-bond donors (Lipinski definition) is 1. The molecule has 3 aromatic rings. The highest BCUT2D eigenvalue weighted by Gasteiger charge is 2.64. The minimum atomic E-state index is -3.58. The Morgan fingerprint density at radius 3 is 2.42 bits per heavy atom. The SMILES string of the molecule is CC1(C)C(NC(=O)c2ccc(-n3cc(COCOS(C)(=O)=O)nn3)cc2)C(C)(C)C1Oc1ccc(C#N)c(Cl)c1. The number of ether oxygens (including phenoxy) is 2. The van der Waals surface area contributed by atoms with Gasteiger partial charge in [-0.1, -0.05) is 44.5 Å². The summed E-state index contributed by atoms with van der Waals surface area (Å²) in [7, 11) is -3.58. The molecule has 0 aliphatic heterocycles. The highest BCUT2D eigenvalue weighted by molar-refractivity contribution is 7.85. The van der Waals surface area contributed by atoms with Gasteiger partial charge in [-0.05, 0) is 36.4 Å². The maximum atomic E-state index is 13.2. The largest absolute Gasteiger partial charge is 0.489 e. The molecule has 0 bridgehead atoms. The summed E-state index contributed by atoms with van der Waals surface area (Å²) in [5.74, 6) is 0.358. The molecule has 1 aromatic heterocycles. The Hall–Kier alpha value is -3.50. The van der Waals surface area contributed by atoms with Crippen LogP contribution in [0, 0.1) is 22.2 Å². The van der Waals surface area contributed by atoms with Crippen LogP contribution in [0.2, 0.25) is 5.02 Å². The summed E-state index contributed by atoms with van der Waals surface area (Å²) in [4.78, 5) is 13.2. The van der Waals surface area contributed by atoms with Crippen molar-refractivity contribution in [2.24, 2.45) is 10.8 Å². The fourth-order valence-corrected chi connectivity index (χ4v) is 5.79. The lowest BCUT2D eigenvalue weighted by Crippen LogP contribution is -2.74. The molecule has 1 aliphatic carbocycles. The predicted octanol–water partition coefficient (Wildman–Crippen LogP) is 3.85. The third kappa shape index (κ3) is 6.28. The van der Waals surface area contributed by atoms with Crippen molar-refractivity contribution in [1.29, 1.82) is 5.26 Å². The van der Waals surface area contributed by atoms with E-state index in [1.807, 2.05) is 33.8 Å². The molecule has 0 unspecified atom stereocenters. The fourth-order valence-electron chi connectivity index (χ4n) is 5.33. The highest BCUT2D eigenvalue weighted by atomic mass is 35.5. The zero-order chi connectivity index (χ0) is 29.3. The van der Waals surface area contributed by atoms with E-state index in [-0.39, 0.29) is 35.5 Å². The van der Waals surface area contributed by atoms with Gasteiger partial charge in [0, 0.05) is 28.5 Å². The Bertz CT molecular complexity index is 1530. The summed E-state index contributed by atoms with van der Waals surface area (Å²) in [6.45, 7) is 7.78. The molecule has 1 amide bonds. The number of nitriles is 1. The van der Waals surface area contributed by atoms with Gasteiger partial charge >= 0.3 is 0 Å². The minimum Gasteiger partial charge on any atom is -0.489 e. The summed E-state index contributed by atoms with van der Waals surface area (Å²) >= 11 is 6.18. The third-order valence-corrected chi connectivity index (χ3v) is 7.80. The predicted molar refractivity (Wildman–Crippen MR) is 146 cm³/mol. The van der Waals surface area contributed by atoms with Crippen LogP contribution >= 0.6 is 11.6 Å². The smallest absolute Gasteiger partial charge is 0.266 e. The highest BCUT2D eigenvalue weighted by Crippen LogP contribution is 2.55. The molecule has 4 rings (SSSR count). The molecule has 1 aliphatic rings. The van der Waals surface area contributed by atoms with Crippen molar-refractivity contribution < 1.29 is 26.9 Å². The van der Waals surface area contributed by atoms with Crippen molar-refractivity contribution in [3.05, 3.63) is 70.5 Å². The number of rotatable bonds is 10. The van der Waals surface area contributed by atoms with Crippen LogP contribution in [-0.4, -0.2) is 54.5 Å². The first-order valence-corrected chi connectivity index (χ1v) is 14.5. The molecule has 0 saturated heterocycles. The first-order chi connectivity index (χ1) is 18.7. The molecule has 11 nitrogen and oxygen atoms in total. The zero-order valence-electron chi connectivity index (χ0n) is 22.7. The second-order valence-corrected chi connectivity index (χ2v) is 12.8. The van der Waals surface area contributed by atoms with Gasteiger partial charge in [-0.15, -0.1) is 5.10 Å². The van der Waals surface area contributed by atoms with E-state index < -0.39 is 16.9 Å². The lowest BCUT2D eigenvalue weighted by Gasteiger charge is -2.63. The summed E-state index contributed by atoms with van der Waals surface area (Å²) in [5.41, 5.74) is 1.26. The van der Waals surface area contributed by atoms with Gasteiger partial charge in [-0.3, -0.25) is 4.79 Å². The van der Waals surface area contributed by atoms with Gasteiger partial charge in [-0.25, -0.2) is 8.86 Å². The molecule has 0 spiro atoms. The van der Waals surface area contributed by atoms with Crippen LogP contribution in [0.15, 0.2) is 48.7 Å². The minimum absolute atomic E-state index is 0.0197. The standard InChI is InChI=1S/C27H30ClN5O6S/c1-26(2)24(27(3,4)25(26)39-21-11-8-18(13-29)22(28)12-21)30-23(34)17-6-9-20(10-7-17)33-14-19(31-32-33)15-37-16-38-40(5,35)36/h6-12,14,24-25H,15-16H2,1-5H3,(H,30,34). The number of hydrogen-bond acceptors (Lipinski definition) is 9. The molecule has 1 fully saturated rings. The van der Waals surface area contributed by atoms with Crippen LogP contribution < -0.4 is 10.1 Å². The van der Waals surface area contributed by atoms with Gasteiger partial charge in [0.25, 0.3) is 16.0 Å². The number of benzene rings is 2. The first kappa shape index (κ1) is 29.5. The van der Waals surface area contributed by atoms with Gasteiger partial charge in [0.2, 0.25) is 0 Å². The van der Waals surface area contributed by atoms with E-state index in [9.17, 15) is 13.2 Å². The molecule has 2 aromatic carbocycles. The van der Waals surface area contributed by atoms with Gasteiger partial charge < -0.3 is 14.8 Å². The number of carbonyl (C=O) groups excluding carboxylic acids is 1. The van der Waals surface area contributed by atoms with E-state index in [1.54, 1.807) is 48.7 Å². The second kappa shape index (κ2) is 11.2. The second-order valence-electron chi connectivity index (χ2n) is 10.8. The lowest BCUT2D eigenvalue weighted by atomic mass is 9.49. The summed E-state index contributed by atoms with van der Waals surface area (Å²) in [6.07, 6.45) is 2.36. The average molecular weight is 588 g/mol. The van der Waals surface area contributed by atoms with E-state index in [1.165, 1.54) is 4.68 Å². The van der Waals surface area contributed by atoms with Crippen LogP contribution in [0.1, 0.15) is 49.3 Å². The average Bonchev–Trinajstić information content (AvgIpc) is 3.36. The Morgan fingerprint density at radius 2 is 1.82 bits per heavy atom. The molecule has 1 heterocycles. The monoisotopic (exact) mass is 587 g/mol. The first-order valence-electron chi connectivity index (χ1n) is 12.3. The molecule has 1 N–H and O–H groups in total. The van der Waals surface area contributed by atoms with Crippen molar-refractivity contribution >= 4 is 27.6 Å². The van der Waals surface area contributed by atoms with E-state index >= 15 is 0 Å². The van der Waals surface area contributed by atoms with Crippen LogP contribution in [-0.2, 0) is 25.6 Å². The Kier molecular flexibility index (Phi) is 8.23. The van der Waals surface area contributed by atoms with E-state index in [2.05, 4.69) is 19.8 Å². The molecule has 212 valence electrons. The van der Waals surface area contributed by atoms with Crippen molar-refractivity contribution in [2.75, 3.05) is 13.0 Å². The lowest BCUT2D eigenvalue weighted by molar-refractivity contribution is -0.164. The normalized spacial score (nSPS) is 19.3. The van der Waals surface area contributed by atoms with Gasteiger partial charge in [-0.2, -0.15) is 13.7 Å². The molecule has 13 heteroatoms. The van der Waals surface area contributed by atoms with Crippen molar-refractivity contribution in [2.45, 2.75) is 46.4 Å². The van der Waals surface area contributed by atoms with Crippen molar-refractivity contribution in [3.63, 3.8) is 0 Å². The molecule has 0 atom stereocenters. The van der Waals surface area contributed by atoms with E-state index in [0.29, 0.717) is 33.3 Å². The van der Waals surface area contributed by atoms with Crippen LogP contribution in [0.3, 0.4) is 0 Å².